The number of carbonyl (C=O) groups is 3. The highest BCUT2D eigenvalue weighted by molar-refractivity contribution is 5.72. The van der Waals surface area contributed by atoms with Gasteiger partial charge in [-0.3, -0.25) is 14.4 Å². The summed E-state index contributed by atoms with van der Waals surface area (Å²) in [6.45, 7) is 6.30. The van der Waals surface area contributed by atoms with Gasteiger partial charge in [0.25, 0.3) is 0 Å². The molecule has 0 N–H and O–H groups in total. The largest absolute Gasteiger partial charge is 0.462 e. The molecule has 0 radical (unpaired) electrons. The van der Waals surface area contributed by atoms with Crippen LogP contribution in [0.15, 0.2) is 109 Å². The lowest BCUT2D eigenvalue weighted by molar-refractivity contribution is -0.166. The second-order valence-electron chi connectivity index (χ2n) is 17.4. The first-order valence-electron chi connectivity index (χ1n) is 26.9. The van der Waals surface area contributed by atoms with Gasteiger partial charge in [0.2, 0.25) is 0 Å². The number of carbonyl (C=O) groups excluding carboxylic acids is 3. The van der Waals surface area contributed by atoms with Gasteiger partial charge in [0.15, 0.2) is 6.10 Å². The highest BCUT2D eigenvalue weighted by atomic mass is 16.6. The van der Waals surface area contributed by atoms with Crippen molar-refractivity contribution in [2.45, 2.75) is 239 Å². The number of ether oxygens (including phenoxy) is 3. The topological polar surface area (TPSA) is 78.9 Å². The van der Waals surface area contributed by atoms with Crippen molar-refractivity contribution in [2.24, 2.45) is 0 Å². The molecule has 0 rings (SSSR count). The summed E-state index contributed by atoms with van der Waals surface area (Å²) in [5.41, 5.74) is 0. The number of esters is 3. The zero-order valence-electron chi connectivity index (χ0n) is 42.7. The highest BCUT2D eigenvalue weighted by Gasteiger charge is 2.19. The molecule has 1 atom stereocenters. The molecule has 66 heavy (non-hydrogen) atoms. The Balaban J connectivity index is 4.52. The average Bonchev–Trinajstić information content (AvgIpc) is 3.31. The molecule has 0 aliphatic rings. The number of allylic oxidation sites excluding steroid dienone is 17. The molecular weight excluding hydrogens is 817 g/mol. The molecule has 0 amide bonds. The van der Waals surface area contributed by atoms with Crippen molar-refractivity contribution in [3.63, 3.8) is 0 Å². The van der Waals surface area contributed by atoms with E-state index < -0.39 is 12.1 Å². The predicted octanol–water partition coefficient (Wildman–Crippen LogP) is 17.9. The van der Waals surface area contributed by atoms with E-state index in [1.807, 2.05) is 6.08 Å². The maximum atomic E-state index is 12.8. The van der Waals surface area contributed by atoms with Gasteiger partial charge < -0.3 is 14.2 Å². The molecule has 6 heteroatoms. The Labute approximate surface area is 406 Å². The summed E-state index contributed by atoms with van der Waals surface area (Å²) in [7, 11) is 0. The summed E-state index contributed by atoms with van der Waals surface area (Å²) in [5.74, 6) is -1.08. The van der Waals surface area contributed by atoms with Crippen LogP contribution in [0.3, 0.4) is 0 Å². The normalized spacial score (nSPS) is 13.0. The minimum atomic E-state index is -0.843. The summed E-state index contributed by atoms with van der Waals surface area (Å²) in [5, 5.41) is 0. The Bertz CT molecular complexity index is 1370. The molecule has 0 fully saturated rings. The summed E-state index contributed by atoms with van der Waals surface area (Å²) in [6.07, 6.45) is 72.4. The summed E-state index contributed by atoms with van der Waals surface area (Å²) < 4.78 is 16.7. The zero-order valence-corrected chi connectivity index (χ0v) is 42.7. The Kier molecular flexibility index (Phi) is 50.5. The molecule has 374 valence electrons. The van der Waals surface area contributed by atoms with Crippen LogP contribution in [0, 0.1) is 0 Å². The van der Waals surface area contributed by atoms with E-state index in [0.29, 0.717) is 19.3 Å². The van der Waals surface area contributed by atoms with Gasteiger partial charge in [-0.25, -0.2) is 0 Å². The van der Waals surface area contributed by atoms with Crippen LogP contribution in [0.2, 0.25) is 0 Å². The van der Waals surface area contributed by atoms with Crippen molar-refractivity contribution in [1.29, 1.82) is 0 Å². The summed E-state index contributed by atoms with van der Waals surface area (Å²) in [6, 6.07) is 0. The third-order valence-corrected chi connectivity index (χ3v) is 11.0. The van der Waals surface area contributed by atoms with Crippen LogP contribution in [-0.2, 0) is 28.6 Å². The molecule has 0 spiro atoms. The maximum Gasteiger partial charge on any atom is 0.310 e. The molecule has 0 heterocycles. The van der Waals surface area contributed by atoms with Gasteiger partial charge in [-0.05, 0) is 103 Å². The van der Waals surface area contributed by atoms with E-state index in [9.17, 15) is 14.4 Å². The van der Waals surface area contributed by atoms with Crippen LogP contribution in [0.1, 0.15) is 233 Å². The second-order valence-corrected chi connectivity index (χ2v) is 17.4. The molecule has 0 bridgehead atoms. The molecule has 0 saturated heterocycles. The smallest absolute Gasteiger partial charge is 0.310 e. The van der Waals surface area contributed by atoms with Crippen molar-refractivity contribution in [2.75, 3.05) is 13.2 Å². The Hall–Kier alpha value is -3.93. The van der Waals surface area contributed by atoms with E-state index in [-0.39, 0.29) is 31.6 Å². The average molecular weight is 915 g/mol. The number of hydrogen-bond donors (Lipinski definition) is 0. The van der Waals surface area contributed by atoms with Gasteiger partial charge in [0.1, 0.15) is 13.2 Å². The lowest BCUT2D eigenvalue weighted by Gasteiger charge is -2.18. The highest BCUT2D eigenvalue weighted by Crippen LogP contribution is 2.13. The monoisotopic (exact) mass is 915 g/mol. The van der Waals surface area contributed by atoms with Gasteiger partial charge in [0, 0.05) is 12.8 Å². The van der Waals surface area contributed by atoms with Gasteiger partial charge in [-0.2, -0.15) is 0 Å². The zero-order chi connectivity index (χ0) is 47.9. The van der Waals surface area contributed by atoms with E-state index in [4.69, 9.17) is 14.2 Å². The fraction of sp³-hybridized carbons (Fsp3) is 0.650. The SMILES string of the molecule is CC/C=C\C/C=C\C/C=C\C/C=C\C/C=C\CC(=O)OC(COC(=O)CCCCCCC/C=C\C/C=C\C/C=C\CC)COC(=O)CCCCCCCCC/C=C\CCCCCCCCC. The van der Waals surface area contributed by atoms with Gasteiger partial charge in [-0.1, -0.05) is 220 Å². The predicted molar refractivity (Wildman–Crippen MR) is 283 cm³/mol. The van der Waals surface area contributed by atoms with Gasteiger partial charge in [-0.15, -0.1) is 0 Å². The molecular formula is C60H98O6. The van der Waals surface area contributed by atoms with E-state index in [1.165, 1.54) is 83.5 Å². The minimum absolute atomic E-state index is 0.0890. The first kappa shape index (κ1) is 62.1. The van der Waals surface area contributed by atoms with E-state index in [1.54, 1.807) is 6.08 Å². The minimum Gasteiger partial charge on any atom is -0.462 e. The fourth-order valence-electron chi connectivity index (χ4n) is 7.06. The van der Waals surface area contributed by atoms with E-state index in [2.05, 4.69) is 118 Å². The van der Waals surface area contributed by atoms with Gasteiger partial charge >= 0.3 is 17.9 Å². The Morgan fingerprint density at radius 2 is 0.636 bits per heavy atom. The quantitative estimate of drug-likeness (QED) is 0.0262. The molecule has 0 saturated carbocycles. The van der Waals surface area contributed by atoms with Crippen LogP contribution >= 0.6 is 0 Å². The van der Waals surface area contributed by atoms with Crippen molar-refractivity contribution < 1.29 is 28.6 Å². The molecule has 0 aromatic heterocycles. The molecule has 0 aliphatic carbocycles. The standard InChI is InChI=1S/C60H98O6/c1-4-7-10-13-16-19-22-25-28-29-30-33-35-38-41-44-47-50-53-59(62)65-56-57(66-60(63)54-51-48-45-42-39-36-32-27-24-21-18-15-12-9-6-3)55-64-58(61)52-49-46-43-40-37-34-31-26-23-20-17-14-11-8-5-2/h8-9,11-12,17-18,20-21,26-29,31-32,39,42,48,51,57H,4-7,10,13-16,19,22-25,30,33-38,40-41,43-47,49-50,52-56H2,1-3H3/b11-8-,12-9-,20-17-,21-18-,29-28-,31-26-,32-27-,42-39-,51-48-. The van der Waals surface area contributed by atoms with Crippen molar-refractivity contribution in [3.8, 4) is 0 Å². The number of rotatable bonds is 47. The van der Waals surface area contributed by atoms with Crippen LogP contribution in [0.5, 0.6) is 0 Å². The summed E-state index contributed by atoms with van der Waals surface area (Å²) >= 11 is 0. The van der Waals surface area contributed by atoms with E-state index >= 15 is 0 Å². The molecule has 0 aromatic rings. The number of unbranched alkanes of at least 4 members (excludes halogenated alkanes) is 19. The lowest BCUT2D eigenvalue weighted by atomic mass is 10.1. The summed E-state index contributed by atoms with van der Waals surface area (Å²) in [4.78, 5) is 38.0. The lowest BCUT2D eigenvalue weighted by Crippen LogP contribution is -2.30. The molecule has 0 aliphatic heterocycles. The van der Waals surface area contributed by atoms with E-state index in [0.717, 1.165) is 103 Å². The van der Waals surface area contributed by atoms with Gasteiger partial charge in [0.05, 0.1) is 6.42 Å². The fourth-order valence-corrected chi connectivity index (χ4v) is 7.06. The third kappa shape index (κ3) is 51.1. The van der Waals surface area contributed by atoms with Crippen LogP contribution in [0.4, 0.5) is 0 Å². The molecule has 1 unspecified atom stereocenters. The Morgan fingerprint density at radius 3 is 1.02 bits per heavy atom. The second kappa shape index (κ2) is 53.7. The van der Waals surface area contributed by atoms with Crippen molar-refractivity contribution >= 4 is 17.9 Å². The van der Waals surface area contributed by atoms with Crippen LogP contribution in [0.25, 0.3) is 0 Å². The number of hydrogen-bond acceptors (Lipinski definition) is 6. The molecule has 6 nitrogen and oxygen atoms in total. The Morgan fingerprint density at radius 1 is 0.333 bits per heavy atom. The molecule has 0 aromatic carbocycles. The third-order valence-electron chi connectivity index (χ3n) is 11.0. The van der Waals surface area contributed by atoms with Crippen LogP contribution in [-0.4, -0.2) is 37.2 Å². The first-order chi connectivity index (χ1) is 32.5. The van der Waals surface area contributed by atoms with Crippen molar-refractivity contribution in [1.82, 2.24) is 0 Å². The maximum absolute atomic E-state index is 12.8. The van der Waals surface area contributed by atoms with Crippen molar-refractivity contribution in [3.05, 3.63) is 109 Å². The first-order valence-corrected chi connectivity index (χ1v) is 26.9. The van der Waals surface area contributed by atoms with Crippen LogP contribution < -0.4 is 0 Å².